The Kier molecular flexibility index (Phi) is 5.81. The van der Waals surface area contributed by atoms with E-state index in [0.717, 1.165) is 16.6 Å². The largest absolute Gasteiger partial charge is 0.413 e. The number of hydrogen-bond acceptors (Lipinski definition) is 6. The van der Waals surface area contributed by atoms with E-state index in [0.29, 0.717) is 37.2 Å². The minimum absolute atomic E-state index is 0.176. The molecule has 0 aliphatic heterocycles. The molecule has 2 heterocycles. The van der Waals surface area contributed by atoms with Gasteiger partial charge in [0, 0.05) is 13.0 Å². The van der Waals surface area contributed by atoms with Crippen LogP contribution in [-0.4, -0.2) is 39.2 Å². The zero-order valence-corrected chi connectivity index (χ0v) is 15.8. The SMILES string of the molecule is Cc1cc2nc3c(=O)[nH]c(=O)[nH]c3[n+](CCNCCCC(=O)NO)c2cc1C. The third-order valence-corrected chi connectivity index (χ3v) is 4.68. The van der Waals surface area contributed by atoms with Gasteiger partial charge in [0.25, 0.3) is 5.56 Å². The zero-order chi connectivity index (χ0) is 20.3. The van der Waals surface area contributed by atoms with Gasteiger partial charge in [0.15, 0.2) is 5.52 Å². The molecular weight excluding hydrogens is 364 g/mol. The molecule has 10 nitrogen and oxygen atoms in total. The van der Waals surface area contributed by atoms with Gasteiger partial charge in [0.05, 0.1) is 0 Å². The van der Waals surface area contributed by atoms with Gasteiger partial charge in [-0.25, -0.2) is 19.8 Å². The number of carbonyl (C=O) groups is 1. The average molecular weight is 387 g/mol. The number of aromatic amines is 2. The standard InChI is InChI=1S/C18H22N6O4/c1-10-8-12-13(9-11(10)2)24(7-6-19-5-3-4-14(25)23-28)16-15(20-12)17(26)22-18(27)21-16/h8-9,19H,3-7H2,1-2H3,(H3,20,21,22,23,25,26,27,28)/p+1. The van der Waals surface area contributed by atoms with Gasteiger partial charge in [-0.3, -0.25) is 19.8 Å². The third-order valence-electron chi connectivity index (χ3n) is 4.68. The predicted octanol–water partition coefficient (Wildman–Crippen LogP) is -0.456. The van der Waals surface area contributed by atoms with Crippen LogP contribution in [0.2, 0.25) is 0 Å². The second kappa shape index (κ2) is 8.28. The van der Waals surface area contributed by atoms with Crippen LogP contribution in [0.3, 0.4) is 0 Å². The third kappa shape index (κ3) is 4.07. The fourth-order valence-corrected chi connectivity index (χ4v) is 3.08. The number of rotatable bonds is 7. The van der Waals surface area contributed by atoms with E-state index in [-0.39, 0.29) is 11.9 Å². The molecule has 10 heteroatoms. The Labute approximate surface area is 159 Å². The fourth-order valence-electron chi connectivity index (χ4n) is 3.08. The van der Waals surface area contributed by atoms with Crippen LogP contribution in [0.15, 0.2) is 21.7 Å². The smallest absolute Gasteiger partial charge is 0.313 e. The van der Waals surface area contributed by atoms with Gasteiger partial charge < -0.3 is 5.32 Å². The number of aryl methyl sites for hydroxylation is 2. The van der Waals surface area contributed by atoms with Crippen LogP contribution < -0.4 is 26.6 Å². The molecule has 5 N–H and O–H groups in total. The maximum Gasteiger partial charge on any atom is 0.413 e. The van der Waals surface area contributed by atoms with Crippen molar-refractivity contribution in [1.82, 2.24) is 25.7 Å². The van der Waals surface area contributed by atoms with Gasteiger partial charge in [-0.2, -0.15) is 4.98 Å². The zero-order valence-electron chi connectivity index (χ0n) is 15.8. The maximum atomic E-state index is 12.2. The molecule has 148 valence electrons. The van der Waals surface area contributed by atoms with Gasteiger partial charge in [-0.1, -0.05) is 0 Å². The Morgan fingerprint density at radius 1 is 1.18 bits per heavy atom. The molecule has 3 rings (SSSR count). The van der Waals surface area contributed by atoms with Gasteiger partial charge in [-0.15, -0.1) is 0 Å². The Bertz CT molecular complexity index is 1150. The number of benzene rings is 1. The monoisotopic (exact) mass is 387 g/mol. The summed E-state index contributed by atoms with van der Waals surface area (Å²) in [5.41, 5.74) is 4.66. The van der Waals surface area contributed by atoms with Crippen LogP contribution in [0.4, 0.5) is 0 Å². The van der Waals surface area contributed by atoms with Crippen LogP contribution in [0.5, 0.6) is 0 Å². The molecule has 2 aromatic heterocycles. The summed E-state index contributed by atoms with van der Waals surface area (Å²) in [5.74, 6) is -0.426. The van der Waals surface area contributed by atoms with Crippen LogP contribution in [0.25, 0.3) is 22.2 Å². The van der Waals surface area contributed by atoms with E-state index < -0.39 is 17.2 Å². The molecule has 3 aromatic rings. The summed E-state index contributed by atoms with van der Waals surface area (Å²) >= 11 is 0. The van der Waals surface area contributed by atoms with E-state index in [1.807, 2.05) is 30.5 Å². The molecule has 0 unspecified atom stereocenters. The van der Waals surface area contributed by atoms with Crippen molar-refractivity contribution in [3.05, 3.63) is 44.1 Å². The van der Waals surface area contributed by atoms with E-state index in [4.69, 9.17) is 5.21 Å². The normalized spacial score (nSPS) is 11.2. The first-order chi connectivity index (χ1) is 13.4. The summed E-state index contributed by atoms with van der Waals surface area (Å²) in [5, 5.41) is 11.7. The number of fused-ring (bicyclic) bond motifs is 2. The number of aromatic nitrogens is 4. The van der Waals surface area contributed by atoms with Crippen molar-refractivity contribution in [3.63, 3.8) is 0 Å². The molecule has 0 aliphatic rings. The van der Waals surface area contributed by atoms with Gasteiger partial charge >= 0.3 is 11.3 Å². The van der Waals surface area contributed by atoms with E-state index in [1.54, 1.807) is 5.48 Å². The Morgan fingerprint density at radius 2 is 1.93 bits per heavy atom. The Morgan fingerprint density at radius 3 is 2.68 bits per heavy atom. The van der Waals surface area contributed by atoms with Crippen molar-refractivity contribution in [1.29, 1.82) is 0 Å². The van der Waals surface area contributed by atoms with Crippen LogP contribution in [-0.2, 0) is 11.3 Å². The number of carbonyl (C=O) groups excluding carboxylic acids is 1. The molecule has 0 saturated heterocycles. The molecule has 0 radical (unpaired) electrons. The van der Waals surface area contributed by atoms with Crippen molar-refractivity contribution in [2.45, 2.75) is 33.2 Å². The highest BCUT2D eigenvalue weighted by molar-refractivity contribution is 5.80. The predicted molar refractivity (Wildman–Crippen MR) is 102 cm³/mol. The summed E-state index contributed by atoms with van der Waals surface area (Å²) in [6, 6.07) is 3.91. The molecular formula is C18H23N6O4+. The van der Waals surface area contributed by atoms with Gasteiger partial charge in [0.1, 0.15) is 12.1 Å². The summed E-state index contributed by atoms with van der Waals surface area (Å²) in [6.07, 6.45) is 0.794. The molecule has 0 fully saturated rings. The highest BCUT2D eigenvalue weighted by atomic mass is 16.5. The second-order valence-corrected chi connectivity index (χ2v) is 6.68. The van der Waals surface area contributed by atoms with Gasteiger partial charge in [-0.05, 0) is 50.1 Å². The summed E-state index contributed by atoms with van der Waals surface area (Å²) in [7, 11) is 0. The number of hydrogen-bond donors (Lipinski definition) is 5. The Balaban J connectivity index is 1.93. The van der Waals surface area contributed by atoms with E-state index >= 15 is 0 Å². The number of H-pyrrole nitrogens is 2. The van der Waals surface area contributed by atoms with E-state index in [9.17, 15) is 14.4 Å². The highest BCUT2D eigenvalue weighted by Gasteiger charge is 2.19. The fraction of sp³-hybridized carbons (Fsp3) is 0.389. The molecule has 1 aromatic carbocycles. The van der Waals surface area contributed by atoms with Gasteiger partial charge in [0.2, 0.25) is 11.4 Å². The van der Waals surface area contributed by atoms with E-state index in [1.165, 1.54) is 0 Å². The number of hydroxylamine groups is 1. The summed E-state index contributed by atoms with van der Waals surface area (Å²) < 4.78 is 1.87. The number of nitrogens with one attached hydrogen (secondary N) is 4. The van der Waals surface area contributed by atoms with Crippen molar-refractivity contribution in [2.75, 3.05) is 13.1 Å². The maximum absolute atomic E-state index is 12.2. The number of amides is 1. The first-order valence-corrected chi connectivity index (χ1v) is 9.01. The van der Waals surface area contributed by atoms with Crippen molar-refractivity contribution in [2.24, 2.45) is 0 Å². The molecule has 0 atom stereocenters. The lowest BCUT2D eigenvalue weighted by Crippen LogP contribution is -2.44. The van der Waals surface area contributed by atoms with E-state index in [2.05, 4.69) is 20.3 Å². The quantitative estimate of drug-likeness (QED) is 0.122. The van der Waals surface area contributed by atoms with Crippen LogP contribution in [0, 0.1) is 13.8 Å². The Hall–Kier alpha value is -3.11. The van der Waals surface area contributed by atoms with Crippen LogP contribution >= 0.6 is 0 Å². The molecule has 0 bridgehead atoms. The van der Waals surface area contributed by atoms with Crippen molar-refractivity contribution in [3.8, 4) is 0 Å². The first kappa shape index (κ1) is 19.6. The molecule has 1 amide bonds. The summed E-state index contributed by atoms with van der Waals surface area (Å²) in [6.45, 7) is 5.61. The second-order valence-electron chi connectivity index (χ2n) is 6.68. The highest BCUT2D eigenvalue weighted by Crippen LogP contribution is 2.16. The molecule has 0 saturated carbocycles. The summed E-state index contributed by atoms with van der Waals surface area (Å²) in [4.78, 5) is 44.4. The lowest BCUT2D eigenvalue weighted by Gasteiger charge is -2.10. The van der Waals surface area contributed by atoms with Crippen molar-refractivity contribution >= 4 is 28.1 Å². The lowest BCUT2D eigenvalue weighted by molar-refractivity contribution is -0.645. The minimum Gasteiger partial charge on any atom is -0.313 e. The first-order valence-electron chi connectivity index (χ1n) is 9.01. The number of nitrogens with zero attached hydrogens (tertiary/aromatic N) is 2. The van der Waals surface area contributed by atoms with Crippen LogP contribution in [0.1, 0.15) is 24.0 Å². The average Bonchev–Trinajstić information content (AvgIpc) is 2.65. The lowest BCUT2D eigenvalue weighted by atomic mass is 10.1. The molecule has 0 spiro atoms. The molecule has 28 heavy (non-hydrogen) atoms. The topological polar surface area (TPSA) is 144 Å². The minimum atomic E-state index is -0.584. The van der Waals surface area contributed by atoms with Crippen molar-refractivity contribution < 1.29 is 14.6 Å². The molecule has 0 aliphatic carbocycles.